The van der Waals surface area contributed by atoms with Crippen LogP contribution in [0.2, 0.25) is 0 Å². The van der Waals surface area contributed by atoms with Crippen LogP contribution in [0.15, 0.2) is 72.8 Å². The van der Waals surface area contributed by atoms with E-state index >= 15 is 0 Å². The van der Waals surface area contributed by atoms with Crippen molar-refractivity contribution >= 4 is 17.9 Å². The standard InChI is InChI=1S/C30H38O/c31-30-28(22-13-3-1-7-16-26-18-9-5-10-19-26)24-15-25-29(30)23-14-4-2-8-17-27-20-11-6-12-21-27/h5-12,16-21,28-29H,1-4,13-15,22-25H2. The van der Waals surface area contributed by atoms with Crippen molar-refractivity contribution in [2.75, 3.05) is 0 Å². The molecule has 0 saturated heterocycles. The van der Waals surface area contributed by atoms with Crippen molar-refractivity contribution in [2.24, 2.45) is 11.8 Å². The highest BCUT2D eigenvalue weighted by molar-refractivity contribution is 5.84. The van der Waals surface area contributed by atoms with E-state index < -0.39 is 0 Å². The molecule has 0 bridgehead atoms. The lowest BCUT2D eigenvalue weighted by atomic mass is 9.76. The van der Waals surface area contributed by atoms with Crippen LogP contribution in [0.5, 0.6) is 0 Å². The van der Waals surface area contributed by atoms with Gasteiger partial charge in [-0.2, -0.15) is 0 Å². The second kappa shape index (κ2) is 13.8. The third kappa shape index (κ3) is 8.69. The minimum atomic E-state index is 0.329. The summed E-state index contributed by atoms with van der Waals surface area (Å²) in [5.74, 6) is 1.23. The molecule has 1 nitrogen and oxygen atoms in total. The molecule has 2 aromatic rings. The molecule has 164 valence electrons. The Bertz CT molecular complexity index is 735. The molecule has 1 aliphatic rings. The molecular formula is C30H38O. The van der Waals surface area contributed by atoms with Gasteiger partial charge in [0.15, 0.2) is 0 Å². The van der Waals surface area contributed by atoms with E-state index in [1.165, 1.54) is 43.2 Å². The van der Waals surface area contributed by atoms with Gasteiger partial charge in [-0.1, -0.05) is 104 Å². The number of allylic oxidation sites excluding steroid dienone is 2. The lowest BCUT2D eigenvalue weighted by molar-refractivity contribution is -0.129. The highest BCUT2D eigenvalue weighted by atomic mass is 16.1. The molecule has 0 radical (unpaired) electrons. The molecule has 0 aliphatic heterocycles. The van der Waals surface area contributed by atoms with Crippen LogP contribution in [-0.2, 0) is 4.79 Å². The number of rotatable bonds is 12. The van der Waals surface area contributed by atoms with Crippen LogP contribution in [-0.4, -0.2) is 5.78 Å². The lowest BCUT2D eigenvalue weighted by Crippen LogP contribution is -2.28. The van der Waals surface area contributed by atoms with E-state index in [9.17, 15) is 4.79 Å². The fraction of sp³-hybridized carbons (Fsp3) is 0.433. The fourth-order valence-corrected chi connectivity index (χ4v) is 4.67. The van der Waals surface area contributed by atoms with E-state index in [4.69, 9.17) is 0 Å². The number of Topliss-reactive ketones (excluding diaryl/α,β-unsaturated/α-hetero) is 1. The van der Waals surface area contributed by atoms with Gasteiger partial charge < -0.3 is 0 Å². The van der Waals surface area contributed by atoms with Crippen LogP contribution in [0.4, 0.5) is 0 Å². The van der Waals surface area contributed by atoms with Crippen LogP contribution in [0.1, 0.15) is 81.8 Å². The zero-order valence-electron chi connectivity index (χ0n) is 18.9. The molecule has 2 aromatic carbocycles. The molecule has 31 heavy (non-hydrogen) atoms. The average Bonchev–Trinajstić information content (AvgIpc) is 2.81. The van der Waals surface area contributed by atoms with Crippen molar-refractivity contribution in [3.8, 4) is 0 Å². The quantitative estimate of drug-likeness (QED) is 0.318. The van der Waals surface area contributed by atoms with Gasteiger partial charge in [-0.3, -0.25) is 4.79 Å². The fourth-order valence-electron chi connectivity index (χ4n) is 4.67. The number of benzene rings is 2. The van der Waals surface area contributed by atoms with E-state index in [0.717, 1.165) is 38.5 Å². The van der Waals surface area contributed by atoms with Gasteiger partial charge in [0.1, 0.15) is 5.78 Å². The van der Waals surface area contributed by atoms with E-state index in [0.29, 0.717) is 17.6 Å². The molecule has 0 aromatic heterocycles. The van der Waals surface area contributed by atoms with E-state index in [1.807, 2.05) is 0 Å². The first-order valence-electron chi connectivity index (χ1n) is 12.3. The highest BCUT2D eigenvalue weighted by Gasteiger charge is 2.29. The Balaban J connectivity index is 1.27. The SMILES string of the molecule is O=C1C(CCCCC=Cc2ccccc2)CCCC1CCCCC=Cc1ccccc1. The Labute approximate surface area is 189 Å². The molecule has 1 saturated carbocycles. The number of carbonyl (C=O) groups is 1. The first-order valence-corrected chi connectivity index (χ1v) is 12.3. The largest absolute Gasteiger partial charge is 0.299 e. The van der Waals surface area contributed by atoms with E-state index in [-0.39, 0.29) is 0 Å². The Morgan fingerprint density at radius 3 is 1.55 bits per heavy atom. The maximum absolute atomic E-state index is 12.9. The van der Waals surface area contributed by atoms with Gasteiger partial charge in [0, 0.05) is 11.8 Å². The lowest BCUT2D eigenvalue weighted by Gasteiger charge is -2.28. The first kappa shape index (κ1) is 23.3. The second-order valence-corrected chi connectivity index (χ2v) is 8.92. The molecule has 3 rings (SSSR count). The monoisotopic (exact) mass is 414 g/mol. The van der Waals surface area contributed by atoms with Crippen molar-refractivity contribution in [2.45, 2.75) is 70.6 Å². The Morgan fingerprint density at radius 2 is 1.10 bits per heavy atom. The molecule has 1 heteroatoms. The third-order valence-corrected chi connectivity index (χ3v) is 6.48. The second-order valence-electron chi connectivity index (χ2n) is 8.92. The van der Waals surface area contributed by atoms with Crippen LogP contribution in [0.25, 0.3) is 12.2 Å². The van der Waals surface area contributed by atoms with Crippen LogP contribution < -0.4 is 0 Å². The molecule has 0 amide bonds. The molecule has 1 aliphatic carbocycles. The normalized spacial score (nSPS) is 19.4. The minimum absolute atomic E-state index is 0.329. The van der Waals surface area contributed by atoms with Crippen molar-refractivity contribution in [1.82, 2.24) is 0 Å². The third-order valence-electron chi connectivity index (χ3n) is 6.48. The first-order chi connectivity index (χ1) is 15.3. The summed E-state index contributed by atoms with van der Waals surface area (Å²) in [5, 5.41) is 0. The van der Waals surface area contributed by atoms with Crippen molar-refractivity contribution in [3.05, 3.63) is 83.9 Å². The van der Waals surface area contributed by atoms with Gasteiger partial charge in [-0.05, 0) is 62.5 Å². The van der Waals surface area contributed by atoms with Gasteiger partial charge in [0.05, 0.1) is 0 Å². The van der Waals surface area contributed by atoms with Gasteiger partial charge in [0.25, 0.3) is 0 Å². The predicted octanol–water partition coefficient (Wildman–Crippen LogP) is 8.52. The van der Waals surface area contributed by atoms with Crippen molar-refractivity contribution in [1.29, 1.82) is 0 Å². The molecule has 0 spiro atoms. The van der Waals surface area contributed by atoms with Gasteiger partial charge in [-0.15, -0.1) is 0 Å². The predicted molar refractivity (Wildman–Crippen MR) is 134 cm³/mol. The molecule has 0 N–H and O–H groups in total. The summed E-state index contributed by atoms with van der Waals surface area (Å²) >= 11 is 0. The van der Waals surface area contributed by atoms with Gasteiger partial charge in [-0.25, -0.2) is 0 Å². The van der Waals surface area contributed by atoms with E-state index in [1.54, 1.807) is 0 Å². The summed E-state index contributed by atoms with van der Waals surface area (Å²) < 4.78 is 0. The summed E-state index contributed by atoms with van der Waals surface area (Å²) in [6, 6.07) is 20.9. The maximum Gasteiger partial charge on any atom is 0.139 e. The number of hydrogen-bond donors (Lipinski definition) is 0. The van der Waals surface area contributed by atoms with Crippen LogP contribution in [0, 0.1) is 11.8 Å². The summed E-state index contributed by atoms with van der Waals surface area (Å²) in [4.78, 5) is 12.9. The van der Waals surface area contributed by atoms with Crippen molar-refractivity contribution < 1.29 is 4.79 Å². The summed E-state index contributed by atoms with van der Waals surface area (Å²) in [6.07, 6.45) is 21.5. The average molecular weight is 415 g/mol. The number of hydrogen-bond acceptors (Lipinski definition) is 1. The van der Waals surface area contributed by atoms with Crippen molar-refractivity contribution in [3.63, 3.8) is 0 Å². The molecule has 0 heterocycles. The smallest absolute Gasteiger partial charge is 0.139 e. The number of ketones is 1. The highest BCUT2D eigenvalue weighted by Crippen LogP contribution is 2.32. The van der Waals surface area contributed by atoms with Gasteiger partial charge in [0.2, 0.25) is 0 Å². The number of unbranched alkanes of at least 4 members (excludes halogenated alkanes) is 4. The van der Waals surface area contributed by atoms with Crippen LogP contribution >= 0.6 is 0 Å². The van der Waals surface area contributed by atoms with Crippen LogP contribution in [0.3, 0.4) is 0 Å². The molecular weight excluding hydrogens is 376 g/mol. The van der Waals surface area contributed by atoms with E-state index in [2.05, 4.69) is 85.0 Å². The summed E-state index contributed by atoms with van der Waals surface area (Å²) in [5.41, 5.74) is 2.53. The Hall–Kier alpha value is -2.41. The Morgan fingerprint density at radius 1 is 0.645 bits per heavy atom. The number of carbonyl (C=O) groups excluding carboxylic acids is 1. The molecule has 1 fully saturated rings. The Kier molecular flexibility index (Phi) is 10.4. The zero-order chi connectivity index (χ0) is 21.6. The zero-order valence-corrected chi connectivity index (χ0v) is 18.9. The maximum atomic E-state index is 12.9. The molecule has 2 unspecified atom stereocenters. The topological polar surface area (TPSA) is 17.1 Å². The van der Waals surface area contributed by atoms with Gasteiger partial charge >= 0.3 is 0 Å². The molecule has 2 atom stereocenters. The minimum Gasteiger partial charge on any atom is -0.299 e. The summed E-state index contributed by atoms with van der Waals surface area (Å²) in [7, 11) is 0. The summed E-state index contributed by atoms with van der Waals surface area (Å²) in [6.45, 7) is 0.